The summed E-state index contributed by atoms with van der Waals surface area (Å²) in [6.07, 6.45) is -0.288. The van der Waals surface area contributed by atoms with Gasteiger partial charge in [-0.2, -0.15) is 13.2 Å². The van der Waals surface area contributed by atoms with Crippen LogP contribution in [0.2, 0.25) is 0 Å². The SMILES string of the molecule is CCc1cnc(C(C)NC(=O)c2ccncc2C(F)(F)F)s1. The molecule has 0 aromatic carbocycles. The summed E-state index contributed by atoms with van der Waals surface area (Å²) in [5.74, 6) is -0.796. The zero-order valence-corrected chi connectivity index (χ0v) is 12.8. The first-order valence-corrected chi connectivity index (χ1v) is 7.41. The monoisotopic (exact) mass is 329 g/mol. The van der Waals surface area contributed by atoms with Gasteiger partial charge in [-0.05, 0) is 19.4 Å². The Balaban J connectivity index is 2.19. The van der Waals surface area contributed by atoms with E-state index in [0.29, 0.717) is 11.2 Å². The smallest absolute Gasteiger partial charge is 0.343 e. The Labute approximate surface area is 129 Å². The number of aromatic nitrogens is 2. The van der Waals surface area contributed by atoms with Crippen LogP contribution in [0.4, 0.5) is 13.2 Å². The summed E-state index contributed by atoms with van der Waals surface area (Å²) < 4.78 is 38.7. The van der Waals surface area contributed by atoms with Crippen LogP contribution in [-0.2, 0) is 12.6 Å². The first-order valence-electron chi connectivity index (χ1n) is 6.59. The minimum absolute atomic E-state index is 0.443. The lowest BCUT2D eigenvalue weighted by Crippen LogP contribution is -2.28. The number of carbonyl (C=O) groups excluding carboxylic acids is 1. The summed E-state index contributed by atoms with van der Waals surface area (Å²) in [6, 6.07) is 0.594. The third-order valence-electron chi connectivity index (χ3n) is 3.01. The molecule has 1 atom stereocenters. The van der Waals surface area contributed by atoms with Crippen molar-refractivity contribution in [3.05, 3.63) is 45.7 Å². The van der Waals surface area contributed by atoms with Gasteiger partial charge in [-0.3, -0.25) is 9.78 Å². The largest absolute Gasteiger partial charge is 0.418 e. The number of pyridine rings is 1. The second-order valence-corrected chi connectivity index (χ2v) is 5.78. The van der Waals surface area contributed by atoms with Gasteiger partial charge in [0.25, 0.3) is 5.91 Å². The molecule has 0 radical (unpaired) electrons. The molecule has 2 aromatic heterocycles. The molecule has 0 fully saturated rings. The lowest BCUT2D eigenvalue weighted by molar-refractivity contribution is -0.138. The van der Waals surface area contributed by atoms with Crippen LogP contribution in [-0.4, -0.2) is 15.9 Å². The molecule has 1 N–H and O–H groups in total. The molecule has 22 heavy (non-hydrogen) atoms. The van der Waals surface area contributed by atoms with Crippen LogP contribution >= 0.6 is 11.3 Å². The zero-order valence-electron chi connectivity index (χ0n) is 11.9. The number of nitrogens with one attached hydrogen (secondary N) is 1. The summed E-state index contributed by atoms with van der Waals surface area (Å²) in [5, 5.41) is 3.20. The van der Waals surface area contributed by atoms with Crippen molar-refractivity contribution >= 4 is 17.2 Å². The Morgan fingerprint density at radius 3 is 2.73 bits per heavy atom. The summed E-state index contributed by atoms with van der Waals surface area (Å²) >= 11 is 1.43. The highest BCUT2D eigenvalue weighted by molar-refractivity contribution is 7.11. The van der Waals surface area contributed by atoms with Crippen molar-refractivity contribution in [1.82, 2.24) is 15.3 Å². The van der Waals surface area contributed by atoms with E-state index in [1.165, 1.54) is 11.3 Å². The van der Waals surface area contributed by atoms with Gasteiger partial charge in [-0.1, -0.05) is 6.92 Å². The van der Waals surface area contributed by atoms with Gasteiger partial charge in [-0.25, -0.2) is 4.98 Å². The number of amides is 1. The van der Waals surface area contributed by atoms with E-state index in [1.807, 2.05) is 6.92 Å². The molecule has 0 aliphatic rings. The number of nitrogens with zero attached hydrogens (tertiary/aromatic N) is 2. The molecule has 8 heteroatoms. The number of aryl methyl sites for hydroxylation is 1. The zero-order chi connectivity index (χ0) is 16.3. The topological polar surface area (TPSA) is 54.9 Å². The number of alkyl halides is 3. The third-order valence-corrected chi connectivity index (χ3v) is 4.33. The van der Waals surface area contributed by atoms with Gasteiger partial charge in [0.1, 0.15) is 5.01 Å². The van der Waals surface area contributed by atoms with Crippen LogP contribution in [0.3, 0.4) is 0 Å². The van der Waals surface area contributed by atoms with Gasteiger partial charge in [0.15, 0.2) is 0 Å². The second-order valence-electron chi connectivity index (χ2n) is 4.63. The summed E-state index contributed by atoms with van der Waals surface area (Å²) in [7, 11) is 0. The summed E-state index contributed by atoms with van der Waals surface area (Å²) in [4.78, 5) is 20.8. The number of halogens is 3. The van der Waals surface area contributed by atoms with E-state index >= 15 is 0 Å². The number of rotatable bonds is 4. The first-order chi connectivity index (χ1) is 10.3. The van der Waals surface area contributed by atoms with Gasteiger partial charge in [-0.15, -0.1) is 11.3 Å². The second kappa shape index (κ2) is 6.43. The Hall–Kier alpha value is -1.96. The molecule has 0 saturated carbocycles. The van der Waals surface area contributed by atoms with Crippen molar-refractivity contribution in [3.63, 3.8) is 0 Å². The Morgan fingerprint density at radius 2 is 2.14 bits per heavy atom. The van der Waals surface area contributed by atoms with Gasteiger partial charge in [0.2, 0.25) is 0 Å². The number of thiazole rings is 1. The molecule has 0 spiro atoms. The predicted octanol–water partition coefficient (Wildman–Crippen LogP) is 3.61. The molecule has 2 rings (SSSR count). The van der Waals surface area contributed by atoms with Crippen LogP contribution in [0.5, 0.6) is 0 Å². The van der Waals surface area contributed by atoms with Crippen molar-refractivity contribution in [2.24, 2.45) is 0 Å². The normalized spacial score (nSPS) is 13.0. The average Bonchev–Trinajstić information content (AvgIpc) is 2.95. The minimum Gasteiger partial charge on any atom is -0.343 e. The fraction of sp³-hybridized carbons (Fsp3) is 0.357. The maximum atomic E-state index is 12.9. The van der Waals surface area contributed by atoms with Crippen molar-refractivity contribution in [2.45, 2.75) is 32.5 Å². The highest BCUT2D eigenvalue weighted by atomic mass is 32.1. The molecule has 2 heterocycles. The quantitative estimate of drug-likeness (QED) is 0.932. The minimum atomic E-state index is -4.62. The van der Waals surface area contributed by atoms with E-state index < -0.39 is 29.3 Å². The lowest BCUT2D eigenvalue weighted by Gasteiger charge is -2.15. The highest BCUT2D eigenvalue weighted by Crippen LogP contribution is 2.31. The predicted molar refractivity (Wildman–Crippen MR) is 76.6 cm³/mol. The van der Waals surface area contributed by atoms with E-state index in [9.17, 15) is 18.0 Å². The maximum Gasteiger partial charge on any atom is 0.418 e. The molecular weight excluding hydrogens is 315 g/mol. The van der Waals surface area contributed by atoms with E-state index in [-0.39, 0.29) is 0 Å². The first kappa shape index (κ1) is 16.4. The molecule has 0 aliphatic heterocycles. The van der Waals surface area contributed by atoms with Crippen molar-refractivity contribution in [1.29, 1.82) is 0 Å². The van der Waals surface area contributed by atoms with E-state index in [0.717, 1.165) is 23.6 Å². The average molecular weight is 329 g/mol. The maximum absolute atomic E-state index is 12.9. The summed E-state index contributed by atoms with van der Waals surface area (Å²) in [6.45, 7) is 3.66. The Bertz CT molecular complexity index is 669. The number of carbonyl (C=O) groups is 1. The standard InChI is InChI=1S/C14H14F3N3OS/c1-3-9-6-19-13(22-9)8(2)20-12(21)10-4-5-18-7-11(10)14(15,16)17/h4-8H,3H2,1-2H3,(H,20,21). The van der Waals surface area contributed by atoms with Crippen molar-refractivity contribution < 1.29 is 18.0 Å². The van der Waals surface area contributed by atoms with Gasteiger partial charge in [0, 0.05) is 23.5 Å². The molecular formula is C14H14F3N3OS. The van der Waals surface area contributed by atoms with E-state index in [1.54, 1.807) is 13.1 Å². The number of hydrogen-bond acceptors (Lipinski definition) is 4. The summed E-state index contributed by atoms with van der Waals surface area (Å²) in [5.41, 5.74) is -1.49. The fourth-order valence-corrected chi connectivity index (χ4v) is 2.70. The Morgan fingerprint density at radius 1 is 1.41 bits per heavy atom. The molecule has 2 aromatic rings. The third kappa shape index (κ3) is 3.62. The molecule has 0 saturated heterocycles. The van der Waals surface area contributed by atoms with Crippen LogP contribution in [0, 0.1) is 0 Å². The van der Waals surface area contributed by atoms with E-state index in [4.69, 9.17) is 0 Å². The van der Waals surface area contributed by atoms with Crippen molar-refractivity contribution in [2.75, 3.05) is 0 Å². The van der Waals surface area contributed by atoms with Gasteiger partial charge >= 0.3 is 6.18 Å². The van der Waals surface area contributed by atoms with Gasteiger partial charge in [0.05, 0.1) is 17.2 Å². The van der Waals surface area contributed by atoms with E-state index in [2.05, 4.69) is 15.3 Å². The molecule has 118 valence electrons. The van der Waals surface area contributed by atoms with Crippen LogP contribution in [0.25, 0.3) is 0 Å². The fourth-order valence-electron chi connectivity index (χ4n) is 1.84. The number of hydrogen-bond donors (Lipinski definition) is 1. The lowest BCUT2D eigenvalue weighted by atomic mass is 10.1. The van der Waals surface area contributed by atoms with Crippen LogP contribution < -0.4 is 5.32 Å². The van der Waals surface area contributed by atoms with Crippen molar-refractivity contribution in [3.8, 4) is 0 Å². The molecule has 4 nitrogen and oxygen atoms in total. The molecule has 1 unspecified atom stereocenters. The van der Waals surface area contributed by atoms with Crippen LogP contribution in [0.1, 0.15) is 45.7 Å². The highest BCUT2D eigenvalue weighted by Gasteiger charge is 2.35. The van der Waals surface area contributed by atoms with Crippen LogP contribution in [0.15, 0.2) is 24.7 Å². The molecule has 0 aliphatic carbocycles. The molecule has 0 bridgehead atoms. The Kier molecular flexibility index (Phi) is 4.80. The van der Waals surface area contributed by atoms with Gasteiger partial charge < -0.3 is 5.32 Å². The molecule has 1 amide bonds.